The van der Waals surface area contributed by atoms with Gasteiger partial charge in [0.25, 0.3) is 0 Å². The molecule has 1 aromatic carbocycles. The van der Waals surface area contributed by atoms with Crippen molar-refractivity contribution in [3.8, 4) is 0 Å². The summed E-state index contributed by atoms with van der Waals surface area (Å²) in [6.45, 7) is 2.09. The highest BCUT2D eigenvalue weighted by Crippen LogP contribution is 2.10. The quantitative estimate of drug-likeness (QED) is 0.408. The van der Waals surface area contributed by atoms with Crippen LogP contribution in [0.15, 0.2) is 24.3 Å². The lowest BCUT2D eigenvalue weighted by Gasteiger charge is -2.02. The summed E-state index contributed by atoms with van der Waals surface area (Å²) in [7, 11) is 0. The molecule has 0 heterocycles. The van der Waals surface area contributed by atoms with Crippen LogP contribution in [-0.2, 0) is 6.42 Å². The number of aryl methyl sites for hydroxylation is 1. The maximum absolute atomic E-state index is 11.7. The molecule has 0 aliphatic rings. The number of ketones is 1. The summed E-state index contributed by atoms with van der Waals surface area (Å²) >= 11 is 5.57. The Kier molecular flexibility index (Phi) is 5.41. The molecule has 0 unspecified atom stereocenters. The van der Waals surface area contributed by atoms with Gasteiger partial charge in [-0.3, -0.25) is 4.79 Å². The summed E-state index contributed by atoms with van der Waals surface area (Å²) in [5.41, 5.74) is 2.06. The number of carbonyl (C=O) groups is 1. The number of alkyl halides is 1. The van der Waals surface area contributed by atoms with Crippen molar-refractivity contribution in [2.75, 3.05) is 5.88 Å². The first kappa shape index (κ1) is 12.3. The van der Waals surface area contributed by atoms with Crippen LogP contribution >= 0.6 is 11.6 Å². The largest absolute Gasteiger partial charge is 0.294 e. The van der Waals surface area contributed by atoms with E-state index in [1.807, 2.05) is 18.2 Å². The minimum absolute atomic E-state index is 0.232. The Morgan fingerprint density at radius 3 is 2.80 bits per heavy atom. The zero-order valence-corrected chi connectivity index (χ0v) is 9.89. The van der Waals surface area contributed by atoms with Crippen molar-refractivity contribution in [2.24, 2.45) is 0 Å². The van der Waals surface area contributed by atoms with E-state index in [1.165, 1.54) is 5.56 Å². The van der Waals surface area contributed by atoms with Crippen LogP contribution in [0.2, 0.25) is 0 Å². The molecule has 0 fully saturated rings. The standard InChI is InChI=1S/C13H17ClO/c1-2-11-6-5-7-12(10-11)13(15)8-3-4-9-14/h5-7,10H,2-4,8-9H2,1H3. The fourth-order valence-electron chi connectivity index (χ4n) is 1.49. The zero-order chi connectivity index (χ0) is 11.1. The van der Waals surface area contributed by atoms with Gasteiger partial charge in [-0.25, -0.2) is 0 Å². The third-order valence-corrected chi connectivity index (χ3v) is 2.71. The Labute approximate surface area is 96.5 Å². The molecule has 2 heteroatoms. The number of hydrogen-bond acceptors (Lipinski definition) is 1. The van der Waals surface area contributed by atoms with Crippen LogP contribution in [0.5, 0.6) is 0 Å². The minimum atomic E-state index is 0.232. The molecule has 0 saturated heterocycles. The Balaban J connectivity index is 2.57. The topological polar surface area (TPSA) is 17.1 Å². The average Bonchev–Trinajstić information content (AvgIpc) is 2.29. The van der Waals surface area contributed by atoms with E-state index in [4.69, 9.17) is 11.6 Å². The van der Waals surface area contributed by atoms with Crippen molar-refractivity contribution in [3.63, 3.8) is 0 Å². The average molecular weight is 225 g/mol. The summed E-state index contributed by atoms with van der Waals surface area (Å²) < 4.78 is 0. The Bertz CT molecular complexity index is 320. The molecule has 0 atom stereocenters. The van der Waals surface area contributed by atoms with Crippen LogP contribution in [0.1, 0.15) is 42.1 Å². The van der Waals surface area contributed by atoms with Crippen LogP contribution < -0.4 is 0 Å². The summed E-state index contributed by atoms with van der Waals surface area (Å²) in [4.78, 5) is 11.7. The summed E-state index contributed by atoms with van der Waals surface area (Å²) in [5, 5.41) is 0. The second-order valence-electron chi connectivity index (χ2n) is 3.62. The van der Waals surface area contributed by atoms with Crippen molar-refractivity contribution in [1.29, 1.82) is 0 Å². The number of Topliss-reactive ketones (excluding diaryl/α,β-unsaturated/α-hetero) is 1. The molecule has 0 aliphatic carbocycles. The first-order chi connectivity index (χ1) is 7.27. The molecule has 15 heavy (non-hydrogen) atoms. The maximum Gasteiger partial charge on any atom is 0.162 e. The first-order valence-electron chi connectivity index (χ1n) is 5.46. The fraction of sp³-hybridized carbons (Fsp3) is 0.462. The lowest BCUT2D eigenvalue weighted by Crippen LogP contribution is -1.99. The molecule has 0 aliphatic heterocycles. The van der Waals surface area contributed by atoms with Crippen LogP contribution in [0.4, 0.5) is 0 Å². The fourth-order valence-corrected chi connectivity index (χ4v) is 1.68. The first-order valence-corrected chi connectivity index (χ1v) is 5.99. The van der Waals surface area contributed by atoms with Gasteiger partial charge < -0.3 is 0 Å². The van der Waals surface area contributed by atoms with E-state index in [0.717, 1.165) is 24.8 Å². The minimum Gasteiger partial charge on any atom is -0.294 e. The van der Waals surface area contributed by atoms with Gasteiger partial charge in [0.2, 0.25) is 0 Å². The molecule has 0 spiro atoms. The van der Waals surface area contributed by atoms with Crippen molar-refractivity contribution < 1.29 is 4.79 Å². The predicted octanol–water partition coefficient (Wildman–Crippen LogP) is 3.84. The highest BCUT2D eigenvalue weighted by atomic mass is 35.5. The van der Waals surface area contributed by atoms with E-state index in [-0.39, 0.29) is 5.78 Å². The van der Waals surface area contributed by atoms with Crippen LogP contribution in [0.3, 0.4) is 0 Å². The van der Waals surface area contributed by atoms with Crippen LogP contribution in [0, 0.1) is 0 Å². The number of carbonyl (C=O) groups excluding carboxylic acids is 1. The molecule has 0 amide bonds. The summed E-state index contributed by atoms with van der Waals surface area (Å²) in [6, 6.07) is 7.88. The Morgan fingerprint density at radius 2 is 2.13 bits per heavy atom. The smallest absolute Gasteiger partial charge is 0.162 e. The SMILES string of the molecule is CCc1cccc(C(=O)CCCCCl)c1. The normalized spacial score (nSPS) is 10.3. The monoisotopic (exact) mass is 224 g/mol. The molecule has 1 rings (SSSR count). The number of rotatable bonds is 6. The Morgan fingerprint density at radius 1 is 1.33 bits per heavy atom. The van der Waals surface area contributed by atoms with Gasteiger partial charge in [0.05, 0.1) is 0 Å². The second-order valence-corrected chi connectivity index (χ2v) is 4.00. The molecule has 82 valence electrons. The molecular formula is C13H17ClO. The van der Waals surface area contributed by atoms with Gasteiger partial charge in [0.1, 0.15) is 0 Å². The van der Waals surface area contributed by atoms with Gasteiger partial charge in [-0.15, -0.1) is 11.6 Å². The molecule has 0 bridgehead atoms. The third kappa shape index (κ3) is 4.05. The number of unbranched alkanes of at least 4 members (excludes halogenated alkanes) is 1. The molecular weight excluding hydrogens is 208 g/mol. The van der Waals surface area contributed by atoms with Crippen LogP contribution in [0.25, 0.3) is 0 Å². The maximum atomic E-state index is 11.7. The van der Waals surface area contributed by atoms with Crippen molar-refractivity contribution in [1.82, 2.24) is 0 Å². The third-order valence-electron chi connectivity index (χ3n) is 2.44. The van der Waals surface area contributed by atoms with Gasteiger partial charge in [-0.1, -0.05) is 25.1 Å². The van der Waals surface area contributed by atoms with Gasteiger partial charge in [0.15, 0.2) is 5.78 Å². The number of hydrogen-bond donors (Lipinski definition) is 0. The van der Waals surface area contributed by atoms with Crippen LogP contribution in [-0.4, -0.2) is 11.7 Å². The van der Waals surface area contributed by atoms with E-state index in [0.29, 0.717) is 12.3 Å². The highest BCUT2D eigenvalue weighted by Gasteiger charge is 2.05. The molecule has 0 N–H and O–H groups in total. The highest BCUT2D eigenvalue weighted by molar-refractivity contribution is 6.17. The number of benzene rings is 1. The van der Waals surface area contributed by atoms with Gasteiger partial charge in [-0.05, 0) is 30.9 Å². The predicted molar refractivity (Wildman–Crippen MR) is 64.7 cm³/mol. The zero-order valence-electron chi connectivity index (χ0n) is 9.13. The molecule has 0 aromatic heterocycles. The molecule has 1 nitrogen and oxygen atoms in total. The molecule has 1 aromatic rings. The lowest BCUT2D eigenvalue weighted by molar-refractivity contribution is 0.0980. The lowest BCUT2D eigenvalue weighted by atomic mass is 10.0. The Hall–Kier alpha value is -0.820. The van der Waals surface area contributed by atoms with E-state index >= 15 is 0 Å². The van der Waals surface area contributed by atoms with E-state index in [9.17, 15) is 4.79 Å². The summed E-state index contributed by atoms with van der Waals surface area (Å²) in [5.74, 6) is 0.873. The van der Waals surface area contributed by atoms with Crippen molar-refractivity contribution in [2.45, 2.75) is 32.6 Å². The van der Waals surface area contributed by atoms with Gasteiger partial charge in [0, 0.05) is 17.9 Å². The van der Waals surface area contributed by atoms with E-state index in [2.05, 4.69) is 13.0 Å². The van der Waals surface area contributed by atoms with Gasteiger partial charge >= 0.3 is 0 Å². The van der Waals surface area contributed by atoms with Crippen molar-refractivity contribution in [3.05, 3.63) is 35.4 Å². The van der Waals surface area contributed by atoms with Gasteiger partial charge in [-0.2, -0.15) is 0 Å². The second kappa shape index (κ2) is 6.62. The molecule has 0 radical (unpaired) electrons. The molecule has 0 saturated carbocycles. The summed E-state index contributed by atoms with van der Waals surface area (Å²) in [6.07, 6.45) is 3.39. The van der Waals surface area contributed by atoms with E-state index < -0.39 is 0 Å². The van der Waals surface area contributed by atoms with E-state index in [1.54, 1.807) is 0 Å². The van der Waals surface area contributed by atoms with Crippen molar-refractivity contribution >= 4 is 17.4 Å². The number of halogens is 1.